The first-order valence-electron chi connectivity index (χ1n) is 5.10. The van der Waals surface area contributed by atoms with Gasteiger partial charge in [0.05, 0.1) is 17.2 Å². The van der Waals surface area contributed by atoms with Gasteiger partial charge in [-0.1, -0.05) is 6.07 Å². The Bertz CT molecular complexity index is 589. The van der Waals surface area contributed by atoms with Crippen LogP contribution >= 0.6 is 0 Å². The van der Waals surface area contributed by atoms with Crippen molar-refractivity contribution in [3.05, 3.63) is 23.8 Å². The van der Waals surface area contributed by atoms with Crippen LogP contribution in [0.25, 0.3) is 0 Å². The van der Waals surface area contributed by atoms with E-state index < -0.39 is 20.5 Å². The van der Waals surface area contributed by atoms with Crippen molar-refractivity contribution >= 4 is 20.6 Å². The molecule has 2 N–H and O–H groups in total. The zero-order valence-corrected chi connectivity index (χ0v) is 10.3. The van der Waals surface area contributed by atoms with Gasteiger partial charge in [0.2, 0.25) is 9.84 Å². The van der Waals surface area contributed by atoms with Gasteiger partial charge < -0.3 is 10.4 Å². The lowest BCUT2D eigenvalue weighted by Gasteiger charge is -2.31. The summed E-state index contributed by atoms with van der Waals surface area (Å²) in [4.78, 5) is 11.8. The number of sulfone groups is 1. The fourth-order valence-electron chi connectivity index (χ4n) is 1.81. The van der Waals surface area contributed by atoms with E-state index in [1.54, 1.807) is 12.1 Å². The summed E-state index contributed by atoms with van der Waals surface area (Å²) < 4.78 is 24.0. The Balaban J connectivity index is 2.71. The van der Waals surface area contributed by atoms with E-state index in [0.717, 1.165) is 0 Å². The fourth-order valence-corrected chi connectivity index (χ4v) is 3.45. The van der Waals surface area contributed by atoms with Gasteiger partial charge in [0.25, 0.3) is 5.12 Å². The minimum atomic E-state index is -3.97. The van der Waals surface area contributed by atoms with Crippen molar-refractivity contribution in [1.82, 2.24) is 0 Å². The number of fused-ring (bicyclic) bond motifs is 1. The third kappa shape index (κ3) is 1.73. The van der Waals surface area contributed by atoms with Crippen molar-refractivity contribution in [3.63, 3.8) is 0 Å². The lowest BCUT2D eigenvalue weighted by atomic mass is 10.1. The molecule has 0 aliphatic carbocycles. The number of hydrogen-bond acceptors (Lipinski definition) is 5. The first-order valence-corrected chi connectivity index (χ1v) is 6.59. The van der Waals surface area contributed by atoms with Crippen LogP contribution in [0.3, 0.4) is 0 Å². The molecule has 17 heavy (non-hydrogen) atoms. The van der Waals surface area contributed by atoms with Crippen molar-refractivity contribution in [2.75, 3.05) is 5.32 Å². The molecule has 1 aliphatic heterocycles. The minimum Gasteiger partial charge on any atom is -0.392 e. The number of carbonyl (C=O) groups excluding carboxylic acids is 1. The van der Waals surface area contributed by atoms with E-state index in [9.17, 15) is 13.2 Å². The second-order valence-corrected chi connectivity index (χ2v) is 6.35. The van der Waals surface area contributed by atoms with E-state index in [4.69, 9.17) is 5.11 Å². The van der Waals surface area contributed by atoms with E-state index in [1.165, 1.54) is 19.9 Å². The quantitative estimate of drug-likeness (QED) is 0.771. The Morgan fingerprint density at radius 3 is 2.59 bits per heavy atom. The molecule has 0 amide bonds. The van der Waals surface area contributed by atoms with Crippen LogP contribution in [0.2, 0.25) is 0 Å². The van der Waals surface area contributed by atoms with Crippen molar-refractivity contribution in [2.45, 2.75) is 30.9 Å². The highest BCUT2D eigenvalue weighted by Gasteiger charge is 2.44. The second-order valence-electron chi connectivity index (χ2n) is 4.53. The zero-order chi connectivity index (χ0) is 12.8. The topological polar surface area (TPSA) is 83.5 Å². The molecular weight excluding hydrogens is 242 g/mol. The highest BCUT2D eigenvalue weighted by Crippen LogP contribution is 2.34. The van der Waals surface area contributed by atoms with E-state index in [-0.39, 0.29) is 11.5 Å². The number of anilines is 1. The van der Waals surface area contributed by atoms with Crippen LogP contribution in [0.15, 0.2) is 23.1 Å². The summed E-state index contributed by atoms with van der Waals surface area (Å²) in [5, 5.41) is 11.0. The molecule has 0 bridgehead atoms. The molecule has 6 heteroatoms. The number of aliphatic hydroxyl groups excluding tert-OH is 1. The normalized spacial score (nSPS) is 20.5. The van der Waals surface area contributed by atoms with E-state index in [2.05, 4.69) is 5.32 Å². The summed E-state index contributed by atoms with van der Waals surface area (Å²) in [5.74, 6) is 0. The van der Waals surface area contributed by atoms with Gasteiger partial charge in [-0.15, -0.1) is 0 Å². The average Bonchev–Trinajstić information content (AvgIpc) is 2.26. The van der Waals surface area contributed by atoms with Gasteiger partial charge in [-0.25, -0.2) is 8.42 Å². The lowest BCUT2D eigenvalue weighted by molar-refractivity contribution is -0.114. The molecule has 0 saturated carbocycles. The Labute approximate surface area is 99.4 Å². The van der Waals surface area contributed by atoms with Gasteiger partial charge in [0.15, 0.2) is 0 Å². The highest BCUT2D eigenvalue weighted by molar-refractivity contribution is 8.06. The van der Waals surface area contributed by atoms with Crippen LogP contribution in [-0.2, 0) is 21.2 Å². The van der Waals surface area contributed by atoms with Crippen molar-refractivity contribution in [2.24, 2.45) is 0 Å². The Kier molecular flexibility index (Phi) is 2.52. The molecular formula is C11H13NO4S. The van der Waals surface area contributed by atoms with E-state index >= 15 is 0 Å². The number of carbonyl (C=O) groups is 1. The zero-order valence-electron chi connectivity index (χ0n) is 9.52. The van der Waals surface area contributed by atoms with E-state index in [1.807, 2.05) is 0 Å². The molecule has 0 saturated heterocycles. The molecule has 2 rings (SSSR count). The summed E-state index contributed by atoms with van der Waals surface area (Å²) in [7, 11) is -3.97. The first kappa shape index (κ1) is 12.1. The maximum absolute atomic E-state index is 12.0. The molecule has 92 valence electrons. The molecule has 1 aromatic carbocycles. The average molecular weight is 255 g/mol. The Morgan fingerprint density at radius 2 is 2.00 bits per heavy atom. The molecule has 0 fully saturated rings. The van der Waals surface area contributed by atoms with Crippen LogP contribution in [0.4, 0.5) is 5.69 Å². The van der Waals surface area contributed by atoms with Crippen LogP contribution in [-0.4, -0.2) is 24.2 Å². The summed E-state index contributed by atoms with van der Waals surface area (Å²) in [6.45, 7) is 2.78. The summed E-state index contributed by atoms with van der Waals surface area (Å²) in [6, 6.07) is 4.50. The van der Waals surface area contributed by atoms with Gasteiger partial charge in [-0.3, -0.25) is 4.79 Å². The molecule has 0 radical (unpaired) electrons. The predicted octanol–water partition coefficient (Wildman–Crippen LogP) is 0.683. The summed E-state index contributed by atoms with van der Waals surface area (Å²) in [5.41, 5.74) is -0.277. The molecule has 0 spiro atoms. The molecule has 0 unspecified atom stereocenters. The number of rotatable bonds is 1. The molecule has 1 aromatic rings. The summed E-state index contributed by atoms with van der Waals surface area (Å²) >= 11 is 0. The van der Waals surface area contributed by atoms with Crippen molar-refractivity contribution in [1.29, 1.82) is 0 Å². The van der Waals surface area contributed by atoms with E-state index in [0.29, 0.717) is 11.3 Å². The Morgan fingerprint density at radius 1 is 1.35 bits per heavy atom. The van der Waals surface area contributed by atoms with Gasteiger partial charge in [-0.05, 0) is 31.5 Å². The SMILES string of the molecule is CC1(C)Nc2ccc(CO)cc2S(=O)(=O)C1=O. The number of benzene rings is 1. The highest BCUT2D eigenvalue weighted by atomic mass is 32.2. The van der Waals surface area contributed by atoms with Crippen LogP contribution in [0, 0.1) is 0 Å². The molecule has 0 atom stereocenters. The minimum absolute atomic E-state index is 0.0617. The lowest BCUT2D eigenvalue weighted by Crippen LogP contribution is -2.48. The van der Waals surface area contributed by atoms with Crippen molar-refractivity contribution < 1.29 is 18.3 Å². The van der Waals surface area contributed by atoms with Crippen molar-refractivity contribution in [3.8, 4) is 0 Å². The Hall–Kier alpha value is -1.40. The monoisotopic (exact) mass is 255 g/mol. The predicted molar refractivity (Wildman–Crippen MR) is 62.3 cm³/mol. The van der Waals surface area contributed by atoms with Gasteiger partial charge in [0.1, 0.15) is 5.54 Å². The first-order chi connectivity index (χ1) is 7.79. The smallest absolute Gasteiger partial charge is 0.275 e. The van der Waals surface area contributed by atoms with Crippen LogP contribution in [0.1, 0.15) is 19.4 Å². The molecule has 0 aromatic heterocycles. The van der Waals surface area contributed by atoms with Gasteiger partial charge in [0, 0.05) is 0 Å². The fraction of sp³-hybridized carbons (Fsp3) is 0.364. The molecule has 1 aliphatic rings. The maximum Gasteiger partial charge on any atom is 0.275 e. The second kappa shape index (κ2) is 3.54. The number of hydrogen-bond donors (Lipinski definition) is 2. The van der Waals surface area contributed by atoms with Gasteiger partial charge in [-0.2, -0.15) is 0 Å². The van der Waals surface area contributed by atoms with Gasteiger partial charge >= 0.3 is 0 Å². The largest absolute Gasteiger partial charge is 0.392 e. The van der Waals surface area contributed by atoms with Crippen LogP contribution in [0.5, 0.6) is 0 Å². The standard InChI is InChI=1S/C11H13NO4S/c1-11(2)10(14)17(15,16)9-5-7(6-13)3-4-8(9)12-11/h3-5,12-13H,6H2,1-2H3. The molecule has 1 heterocycles. The number of nitrogens with one attached hydrogen (secondary N) is 1. The maximum atomic E-state index is 12.0. The third-order valence-electron chi connectivity index (χ3n) is 2.72. The number of aliphatic hydroxyl groups is 1. The third-order valence-corrected chi connectivity index (χ3v) is 4.63. The van der Waals surface area contributed by atoms with Crippen LogP contribution < -0.4 is 5.32 Å². The summed E-state index contributed by atoms with van der Waals surface area (Å²) in [6.07, 6.45) is 0. The molecule has 5 nitrogen and oxygen atoms in total.